The van der Waals surface area contributed by atoms with Gasteiger partial charge in [-0.05, 0) is 45.9 Å². The van der Waals surface area contributed by atoms with Gasteiger partial charge in [-0.1, -0.05) is 89.1 Å². The summed E-state index contributed by atoms with van der Waals surface area (Å²) in [6, 6.07) is 17.4. The summed E-state index contributed by atoms with van der Waals surface area (Å²) >= 11 is 0. The molecule has 0 aliphatic heterocycles. The van der Waals surface area contributed by atoms with Crippen molar-refractivity contribution < 1.29 is 19.1 Å². The van der Waals surface area contributed by atoms with E-state index >= 15 is 0 Å². The molecule has 0 bridgehead atoms. The van der Waals surface area contributed by atoms with Crippen molar-refractivity contribution in [1.29, 1.82) is 0 Å². The Balaban J connectivity index is 1.38. The fourth-order valence-electron chi connectivity index (χ4n) is 9.28. The van der Waals surface area contributed by atoms with Crippen LogP contribution in [-0.2, 0) is 19.1 Å². The van der Waals surface area contributed by atoms with Gasteiger partial charge in [0.05, 0.1) is 24.0 Å². The third-order valence-corrected chi connectivity index (χ3v) is 11.0. The second-order valence-corrected chi connectivity index (χ2v) is 12.3. The fraction of sp³-hybridized carbons (Fsp3) is 0.562. The molecule has 2 aromatic carbocycles. The largest absolute Gasteiger partial charge is 0.465 e. The number of carbonyl (C=O) groups is 2. The van der Waals surface area contributed by atoms with Gasteiger partial charge in [0.15, 0.2) is 0 Å². The van der Waals surface area contributed by atoms with Crippen LogP contribution in [0, 0.1) is 34.5 Å². The molecule has 0 heterocycles. The van der Waals surface area contributed by atoms with Crippen molar-refractivity contribution in [3.8, 4) is 0 Å². The number of hydrogen-bond donors (Lipinski definition) is 0. The van der Waals surface area contributed by atoms with E-state index in [0.29, 0.717) is 25.0 Å². The van der Waals surface area contributed by atoms with E-state index < -0.39 is 10.8 Å². The normalized spacial score (nSPS) is 38.7. The number of ether oxygens (including phenoxy) is 2. The molecule has 7 rings (SSSR count). The van der Waals surface area contributed by atoms with Crippen LogP contribution < -0.4 is 0 Å². The van der Waals surface area contributed by atoms with Crippen LogP contribution in [0.25, 0.3) is 0 Å². The van der Waals surface area contributed by atoms with Crippen molar-refractivity contribution >= 4 is 11.9 Å². The molecule has 6 atom stereocenters. The Morgan fingerprint density at radius 2 is 1.06 bits per heavy atom. The minimum Gasteiger partial charge on any atom is -0.465 e. The number of rotatable bonds is 8. The van der Waals surface area contributed by atoms with Crippen molar-refractivity contribution in [2.45, 2.75) is 64.2 Å². The van der Waals surface area contributed by atoms with E-state index in [-0.39, 0.29) is 47.4 Å². The standard InChI is InChI=1S/C32H36O4/c1-5-17(3)15-35-29(33)31-25-21-13-9-7-11-19(21)24-26-22-14-10-8-12-20(22)23(25)27(31)32(26,28(24)31)30(34)36-16-18(4)6-2/h7-14,17-18,23-28H,5-6,15-16H2,1-4H3/t17-,18-,23?,24?,25?,26?,27?,28?,31?,32?/m0/s1. The van der Waals surface area contributed by atoms with Gasteiger partial charge in [0, 0.05) is 23.7 Å². The summed E-state index contributed by atoms with van der Waals surface area (Å²) in [5.41, 5.74) is 4.09. The maximum absolute atomic E-state index is 14.1. The Morgan fingerprint density at radius 3 is 1.42 bits per heavy atom. The first-order valence-corrected chi connectivity index (χ1v) is 14.0. The number of carbonyl (C=O) groups excluding carboxylic acids is 2. The molecule has 0 spiro atoms. The van der Waals surface area contributed by atoms with Crippen molar-refractivity contribution in [2.24, 2.45) is 34.5 Å². The first-order valence-electron chi connectivity index (χ1n) is 14.0. The van der Waals surface area contributed by atoms with E-state index in [4.69, 9.17) is 9.47 Å². The van der Waals surface area contributed by atoms with Crippen LogP contribution in [0.4, 0.5) is 0 Å². The molecule has 4 unspecified atom stereocenters. The Hall–Kier alpha value is -2.62. The van der Waals surface area contributed by atoms with Crippen molar-refractivity contribution in [2.75, 3.05) is 13.2 Å². The molecule has 0 saturated heterocycles. The Labute approximate surface area is 213 Å². The van der Waals surface area contributed by atoms with E-state index in [1.54, 1.807) is 0 Å². The van der Waals surface area contributed by atoms with Gasteiger partial charge in [-0.15, -0.1) is 0 Å². The van der Waals surface area contributed by atoms with Crippen LogP contribution in [0.2, 0.25) is 0 Å². The quantitative estimate of drug-likeness (QED) is 0.420. The van der Waals surface area contributed by atoms with E-state index in [1.807, 2.05) is 0 Å². The number of hydrogen-bond acceptors (Lipinski definition) is 4. The minimum absolute atomic E-state index is 0.0293. The van der Waals surface area contributed by atoms with Gasteiger partial charge in [-0.3, -0.25) is 9.59 Å². The molecule has 188 valence electrons. The highest BCUT2D eigenvalue weighted by atomic mass is 16.5. The zero-order chi connectivity index (χ0) is 25.0. The summed E-state index contributed by atoms with van der Waals surface area (Å²) in [6.07, 6.45) is 1.96. The van der Waals surface area contributed by atoms with E-state index in [9.17, 15) is 9.59 Å². The molecule has 0 N–H and O–H groups in total. The fourth-order valence-corrected chi connectivity index (χ4v) is 9.28. The highest BCUT2D eigenvalue weighted by Crippen LogP contribution is 2.98. The van der Waals surface area contributed by atoms with Gasteiger partial charge in [0.25, 0.3) is 0 Å². The maximum atomic E-state index is 14.1. The minimum atomic E-state index is -0.601. The van der Waals surface area contributed by atoms with Gasteiger partial charge in [0.1, 0.15) is 0 Å². The first kappa shape index (κ1) is 22.6. The van der Waals surface area contributed by atoms with Crippen LogP contribution in [-0.4, -0.2) is 25.2 Å². The maximum Gasteiger partial charge on any atom is 0.313 e. The molecule has 3 saturated carbocycles. The highest BCUT2D eigenvalue weighted by molar-refractivity contribution is 5.97. The van der Waals surface area contributed by atoms with Gasteiger partial charge in [0.2, 0.25) is 0 Å². The summed E-state index contributed by atoms with van der Waals surface area (Å²) in [5, 5.41) is 0. The predicted octanol–water partition coefficient (Wildman–Crippen LogP) is 6.17. The van der Waals surface area contributed by atoms with Crippen molar-refractivity contribution in [1.82, 2.24) is 0 Å². The molecular formula is C32H36O4. The lowest BCUT2D eigenvalue weighted by molar-refractivity contribution is -0.361. The lowest BCUT2D eigenvalue weighted by Crippen LogP contribution is -2.91. The first-order chi connectivity index (χ1) is 17.4. The molecule has 5 aliphatic carbocycles. The summed E-state index contributed by atoms with van der Waals surface area (Å²) in [4.78, 5) is 28.2. The van der Waals surface area contributed by atoms with Crippen LogP contribution in [0.1, 0.15) is 86.5 Å². The molecule has 4 heteroatoms. The van der Waals surface area contributed by atoms with Crippen LogP contribution in [0.15, 0.2) is 48.5 Å². The number of fused-ring (bicyclic) bond motifs is 8. The Kier molecular flexibility index (Phi) is 4.68. The van der Waals surface area contributed by atoms with Gasteiger partial charge in [-0.2, -0.15) is 0 Å². The average Bonchev–Trinajstić information content (AvgIpc) is 2.86. The Bertz CT molecular complexity index is 1160. The predicted molar refractivity (Wildman–Crippen MR) is 137 cm³/mol. The van der Waals surface area contributed by atoms with E-state index in [2.05, 4.69) is 76.2 Å². The molecule has 3 fully saturated rings. The monoisotopic (exact) mass is 484 g/mol. The number of benzene rings is 2. The second-order valence-electron chi connectivity index (χ2n) is 12.3. The van der Waals surface area contributed by atoms with Crippen molar-refractivity contribution in [3.05, 3.63) is 70.8 Å². The van der Waals surface area contributed by atoms with E-state index in [0.717, 1.165) is 12.8 Å². The topological polar surface area (TPSA) is 52.6 Å². The second kappa shape index (κ2) is 7.46. The molecule has 0 radical (unpaired) electrons. The SMILES string of the molecule is CC[C@H](C)COC(=O)C12C3c4ccccc4C4C5c6ccccc6C3C1C5(C(=O)OC[C@@H](C)CC)C42. The van der Waals surface area contributed by atoms with E-state index in [1.165, 1.54) is 22.3 Å². The average molecular weight is 485 g/mol. The lowest BCUT2D eigenvalue weighted by Gasteiger charge is -2.90. The van der Waals surface area contributed by atoms with Crippen LogP contribution in [0.3, 0.4) is 0 Å². The summed E-state index contributed by atoms with van der Waals surface area (Å²) < 4.78 is 12.2. The summed E-state index contributed by atoms with van der Waals surface area (Å²) in [6.45, 7) is 9.42. The van der Waals surface area contributed by atoms with Gasteiger partial charge < -0.3 is 9.47 Å². The van der Waals surface area contributed by atoms with Crippen molar-refractivity contribution in [3.63, 3.8) is 0 Å². The Morgan fingerprint density at radius 1 is 0.694 bits per heavy atom. The number of esters is 2. The van der Waals surface area contributed by atoms with Crippen LogP contribution >= 0.6 is 0 Å². The molecule has 0 amide bonds. The smallest absolute Gasteiger partial charge is 0.313 e. The third kappa shape index (κ3) is 2.25. The zero-order valence-electron chi connectivity index (χ0n) is 21.7. The molecule has 0 aromatic heterocycles. The van der Waals surface area contributed by atoms with Gasteiger partial charge in [-0.25, -0.2) is 0 Å². The molecular weight excluding hydrogens is 448 g/mol. The molecule has 36 heavy (non-hydrogen) atoms. The van der Waals surface area contributed by atoms with Crippen LogP contribution in [0.5, 0.6) is 0 Å². The van der Waals surface area contributed by atoms with Gasteiger partial charge >= 0.3 is 11.9 Å². The molecule has 5 aliphatic rings. The molecule has 4 nitrogen and oxygen atoms in total. The molecule has 2 aromatic rings. The summed E-state index contributed by atoms with van der Waals surface area (Å²) in [5.74, 6) is 0.922. The summed E-state index contributed by atoms with van der Waals surface area (Å²) in [7, 11) is 0. The highest BCUT2D eigenvalue weighted by Gasteiger charge is 2.99. The third-order valence-electron chi connectivity index (χ3n) is 11.0. The lowest BCUT2D eigenvalue weighted by atomic mass is 9.09. The zero-order valence-corrected chi connectivity index (χ0v) is 21.7.